The van der Waals surface area contributed by atoms with Crippen molar-refractivity contribution in [1.29, 1.82) is 0 Å². The zero-order chi connectivity index (χ0) is 20.3. The highest BCUT2D eigenvalue weighted by Gasteiger charge is 2.49. The third-order valence-corrected chi connectivity index (χ3v) is 6.26. The van der Waals surface area contributed by atoms with Crippen LogP contribution < -0.4 is 14.8 Å². The highest BCUT2D eigenvalue weighted by Crippen LogP contribution is 2.49. The largest absolute Gasteiger partial charge is 0.586 e. The fraction of sp³-hybridized carbons (Fsp3) is 0.364. The van der Waals surface area contributed by atoms with E-state index in [1.54, 1.807) is 10.7 Å². The van der Waals surface area contributed by atoms with E-state index in [9.17, 15) is 8.78 Å². The Bertz CT molecular complexity index is 1100. The van der Waals surface area contributed by atoms with E-state index in [1.807, 2.05) is 12.3 Å². The Morgan fingerprint density at radius 2 is 1.87 bits per heavy atom. The molecule has 0 radical (unpaired) electrons. The molecule has 154 valence electrons. The summed E-state index contributed by atoms with van der Waals surface area (Å²) >= 11 is 0. The number of hydrogen-bond acceptors (Lipinski definition) is 5. The van der Waals surface area contributed by atoms with Gasteiger partial charge >= 0.3 is 6.29 Å². The van der Waals surface area contributed by atoms with Crippen molar-refractivity contribution in [3.05, 3.63) is 66.0 Å². The zero-order valence-electron chi connectivity index (χ0n) is 16.1. The second-order valence-electron chi connectivity index (χ2n) is 8.37. The monoisotopic (exact) mass is 410 g/mol. The van der Waals surface area contributed by atoms with Gasteiger partial charge < -0.3 is 14.8 Å². The van der Waals surface area contributed by atoms with Crippen molar-refractivity contribution in [3.63, 3.8) is 0 Å². The molecule has 2 aliphatic carbocycles. The molecule has 2 fully saturated rings. The molecule has 2 aromatic carbocycles. The maximum atomic E-state index is 13.2. The van der Waals surface area contributed by atoms with E-state index < -0.39 is 6.29 Å². The molecule has 0 spiro atoms. The number of hydrogen-bond donors (Lipinski definition) is 1. The van der Waals surface area contributed by atoms with Crippen molar-refractivity contribution in [2.24, 2.45) is 0 Å². The van der Waals surface area contributed by atoms with Crippen molar-refractivity contribution < 1.29 is 18.3 Å². The number of rotatable bonds is 6. The first-order valence-corrected chi connectivity index (χ1v) is 10.1. The molecule has 2 atom stereocenters. The second-order valence-corrected chi connectivity index (χ2v) is 8.37. The fourth-order valence-electron chi connectivity index (χ4n) is 4.20. The number of ether oxygens (including phenoxy) is 2. The zero-order valence-corrected chi connectivity index (χ0v) is 16.1. The Hall–Kier alpha value is -3.00. The Labute approximate surface area is 171 Å². The minimum atomic E-state index is -3.63. The minimum absolute atomic E-state index is 0.00182. The third kappa shape index (κ3) is 3.11. The lowest BCUT2D eigenvalue weighted by Crippen LogP contribution is -2.29. The van der Waals surface area contributed by atoms with Crippen LogP contribution in [0.25, 0.3) is 5.69 Å². The first kappa shape index (κ1) is 17.8. The Kier molecular flexibility index (Phi) is 3.71. The number of halogens is 2. The number of alkyl halides is 2. The summed E-state index contributed by atoms with van der Waals surface area (Å²) in [4.78, 5) is 0. The van der Waals surface area contributed by atoms with Gasteiger partial charge in [-0.3, -0.25) is 0 Å². The highest BCUT2D eigenvalue weighted by molar-refractivity contribution is 5.50. The number of fused-ring (bicyclic) bond motifs is 1. The smallest absolute Gasteiger partial charge is 0.395 e. The van der Waals surface area contributed by atoms with Crippen LogP contribution in [0.15, 0.2) is 54.7 Å². The molecule has 2 heterocycles. The summed E-state index contributed by atoms with van der Waals surface area (Å²) in [5.74, 6) is 0.604. The summed E-state index contributed by atoms with van der Waals surface area (Å²) in [5, 5.41) is 12.3. The maximum Gasteiger partial charge on any atom is 0.586 e. The van der Waals surface area contributed by atoms with Gasteiger partial charge in [-0.1, -0.05) is 35.5 Å². The minimum Gasteiger partial charge on any atom is -0.395 e. The molecule has 6 rings (SSSR count). The molecule has 0 amide bonds. The molecule has 2 unspecified atom stereocenters. The Morgan fingerprint density at radius 3 is 2.67 bits per heavy atom. The van der Waals surface area contributed by atoms with E-state index in [1.165, 1.54) is 17.7 Å². The molecule has 0 bridgehead atoms. The molecular weight excluding hydrogens is 390 g/mol. The number of aromatic nitrogens is 3. The van der Waals surface area contributed by atoms with Gasteiger partial charge in [-0.05, 0) is 37.0 Å². The van der Waals surface area contributed by atoms with E-state index >= 15 is 0 Å². The van der Waals surface area contributed by atoms with Gasteiger partial charge in [0.2, 0.25) is 0 Å². The molecule has 1 N–H and O–H groups in total. The van der Waals surface area contributed by atoms with E-state index in [-0.39, 0.29) is 16.9 Å². The van der Waals surface area contributed by atoms with Crippen molar-refractivity contribution in [1.82, 2.24) is 20.3 Å². The van der Waals surface area contributed by atoms with Gasteiger partial charge in [0.1, 0.15) is 0 Å². The van der Waals surface area contributed by atoms with Crippen LogP contribution in [-0.4, -0.2) is 33.9 Å². The van der Waals surface area contributed by atoms with Gasteiger partial charge in [-0.15, -0.1) is 13.9 Å². The number of nitrogens with one attached hydrogen (secondary N) is 1. The van der Waals surface area contributed by atoms with E-state index in [0.29, 0.717) is 17.6 Å². The highest BCUT2D eigenvalue weighted by atomic mass is 19.3. The van der Waals surface area contributed by atoms with Crippen LogP contribution >= 0.6 is 0 Å². The molecule has 1 aromatic heterocycles. The van der Waals surface area contributed by atoms with Crippen LogP contribution in [0.2, 0.25) is 0 Å². The fourth-order valence-corrected chi connectivity index (χ4v) is 4.20. The van der Waals surface area contributed by atoms with Gasteiger partial charge in [0.05, 0.1) is 17.6 Å². The first-order valence-electron chi connectivity index (χ1n) is 10.1. The van der Waals surface area contributed by atoms with Gasteiger partial charge in [0, 0.05) is 30.0 Å². The van der Waals surface area contributed by atoms with Crippen molar-refractivity contribution in [2.45, 2.75) is 42.9 Å². The average Bonchev–Trinajstić information content (AvgIpc) is 3.62. The molecular formula is C22H20F2N4O2. The lowest BCUT2D eigenvalue weighted by atomic mass is 10.0. The summed E-state index contributed by atoms with van der Waals surface area (Å²) < 4.78 is 37.1. The van der Waals surface area contributed by atoms with Gasteiger partial charge in [-0.25, -0.2) is 4.68 Å². The van der Waals surface area contributed by atoms with Crippen LogP contribution in [0.4, 0.5) is 8.78 Å². The molecule has 2 saturated carbocycles. The van der Waals surface area contributed by atoms with E-state index in [0.717, 1.165) is 31.5 Å². The summed E-state index contributed by atoms with van der Waals surface area (Å²) in [6.45, 7) is 0.868. The van der Waals surface area contributed by atoms with Gasteiger partial charge in [-0.2, -0.15) is 0 Å². The standard InChI is InChI=1S/C22H20F2N4O2/c23-22(24)29-18-7-6-15(10-19(18)30-22)28-12-20(26-27-28)21(8-9-21)13-25-17-11-16(17)14-4-2-1-3-5-14/h1-7,10,12,16-17,25H,8-9,11,13H2. The quantitative estimate of drug-likeness (QED) is 0.671. The molecule has 3 aromatic rings. The third-order valence-electron chi connectivity index (χ3n) is 6.26. The van der Waals surface area contributed by atoms with E-state index in [4.69, 9.17) is 0 Å². The lowest BCUT2D eigenvalue weighted by molar-refractivity contribution is -0.286. The first-order chi connectivity index (χ1) is 14.5. The summed E-state index contributed by atoms with van der Waals surface area (Å²) in [6, 6.07) is 15.7. The molecule has 3 aliphatic rings. The van der Waals surface area contributed by atoms with Crippen molar-refractivity contribution in [2.75, 3.05) is 6.54 Å². The van der Waals surface area contributed by atoms with Crippen molar-refractivity contribution >= 4 is 0 Å². The second kappa shape index (κ2) is 6.25. The Morgan fingerprint density at radius 1 is 1.07 bits per heavy atom. The predicted octanol–water partition coefficient (Wildman–Crippen LogP) is 3.77. The molecule has 6 nitrogen and oxygen atoms in total. The lowest BCUT2D eigenvalue weighted by Gasteiger charge is -2.13. The molecule has 1 aliphatic heterocycles. The molecule has 30 heavy (non-hydrogen) atoms. The predicted molar refractivity (Wildman–Crippen MR) is 104 cm³/mol. The van der Waals surface area contributed by atoms with Crippen LogP contribution in [0.1, 0.15) is 36.4 Å². The van der Waals surface area contributed by atoms with Crippen LogP contribution in [0.3, 0.4) is 0 Å². The maximum absolute atomic E-state index is 13.2. The summed E-state index contributed by atoms with van der Waals surface area (Å²) in [6.07, 6.45) is 1.54. The van der Waals surface area contributed by atoms with Crippen LogP contribution in [0.5, 0.6) is 11.5 Å². The van der Waals surface area contributed by atoms with Gasteiger partial charge in [0.15, 0.2) is 11.5 Å². The Balaban J connectivity index is 1.14. The topological polar surface area (TPSA) is 61.2 Å². The molecule has 0 saturated heterocycles. The molecule has 8 heteroatoms. The van der Waals surface area contributed by atoms with Gasteiger partial charge in [0.25, 0.3) is 0 Å². The summed E-state index contributed by atoms with van der Waals surface area (Å²) in [7, 11) is 0. The SMILES string of the molecule is FC1(F)Oc2ccc(-n3cc(C4(CNC5CC5c5ccccc5)CC4)nn3)cc2O1. The summed E-state index contributed by atoms with van der Waals surface area (Å²) in [5.41, 5.74) is 2.92. The number of nitrogens with zero attached hydrogens (tertiary/aromatic N) is 3. The van der Waals surface area contributed by atoms with Crippen molar-refractivity contribution in [3.8, 4) is 17.2 Å². The van der Waals surface area contributed by atoms with Crippen LogP contribution in [0, 0.1) is 0 Å². The van der Waals surface area contributed by atoms with E-state index in [2.05, 4.69) is 49.4 Å². The van der Waals surface area contributed by atoms with Crippen LogP contribution in [-0.2, 0) is 5.41 Å². The normalized spacial score (nSPS) is 24.6. The average molecular weight is 410 g/mol. The number of benzene rings is 2.